The van der Waals surface area contributed by atoms with E-state index < -0.39 is 0 Å². The Hall–Kier alpha value is -0.530. The normalized spacial score (nSPS) is 29.3. The lowest BCUT2D eigenvalue weighted by atomic mass is 9.68. The van der Waals surface area contributed by atoms with E-state index in [0.717, 1.165) is 23.4 Å². The monoisotopic (exact) mass is 251 g/mol. The Morgan fingerprint density at radius 1 is 1.41 bits per heavy atom. The van der Waals surface area contributed by atoms with Crippen molar-refractivity contribution in [2.45, 2.75) is 51.5 Å². The number of hydrogen-bond donors (Lipinski definition) is 1. The molecule has 2 atom stereocenters. The van der Waals surface area contributed by atoms with Crippen LogP contribution in [0.15, 0.2) is 18.2 Å². The highest BCUT2D eigenvalue weighted by atomic mass is 35.5. The van der Waals surface area contributed by atoms with Gasteiger partial charge in [-0.2, -0.15) is 0 Å². The molecule has 1 fully saturated rings. The fourth-order valence-electron chi connectivity index (χ4n) is 3.10. The number of nitrogens with two attached hydrogens (primary N) is 1. The molecule has 0 spiro atoms. The molecular weight excluding hydrogens is 230 g/mol. The maximum absolute atomic E-state index is 6.70. The van der Waals surface area contributed by atoms with Crippen LogP contribution in [0.2, 0.25) is 5.02 Å². The Bertz CT molecular complexity index is 402. The van der Waals surface area contributed by atoms with Crippen molar-refractivity contribution in [2.24, 2.45) is 11.7 Å². The third-order valence-corrected chi connectivity index (χ3v) is 4.73. The van der Waals surface area contributed by atoms with Crippen molar-refractivity contribution in [1.29, 1.82) is 0 Å². The van der Waals surface area contributed by atoms with Gasteiger partial charge < -0.3 is 5.73 Å². The molecule has 0 aromatic heterocycles. The number of halogens is 1. The van der Waals surface area contributed by atoms with Crippen LogP contribution >= 0.6 is 11.6 Å². The second-order valence-electron chi connectivity index (χ2n) is 5.36. The zero-order chi connectivity index (χ0) is 12.5. The molecule has 2 rings (SSSR count). The molecule has 1 aliphatic carbocycles. The molecule has 0 amide bonds. The summed E-state index contributed by atoms with van der Waals surface area (Å²) in [7, 11) is 0. The van der Waals surface area contributed by atoms with Gasteiger partial charge in [0.25, 0.3) is 0 Å². The molecule has 0 radical (unpaired) electrons. The Balaban J connectivity index is 2.37. The van der Waals surface area contributed by atoms with Gasteiger partial charge in [0.1, 0.15) is 0 Å². The van der Waals surface area contributed by atoms with E-state index in [9.17, 15) is 0 Å². The zero-order valence-corrected chi connectivity index (χ0v) is 11.6. The van der Waals surface area contributed by atoms with Gasteiger partial charge in [-0.25, -0.2) is 0 Å². The van der Waals surface area contributed by atoms with Crippen LogP contribution in [0.3, 0.4) is 0 Å². The van der Waals surface area contributed by atoms with Gasteiger partial charge >= 0.3 is 0 Å². The Labute approximate surface area is 109 Å². The van der Waals surface area contributed by atoms with E-state index in [1.165, 1.54) is 24.8 Å². The molecule has 0 heterocycles. The number of rotatable bonds is 2. The first-order valence-corrected chi connectivity index (χ1v) is 7.01. The fourth-order valence-corrected chi connectivity index (χ4v) is 3.28. The van der Waals surface area contributed by atoms with Gasteiger partial charge in [0.15, 0.2) is 0 Å². The van der Waals surface area contributed by atoms with Crippen LogP contribution in [0.25, 0.3) is 0 Å². The predicted molar refractivity (Wildman–Crippen MR) is 74.3 cm³/mol. The van der Waals surface area contributed by atoms with Gasteiger partial charge in [-0.3, -0.25) is 0 Å². The second kappa shape index (κ2) is 4.99. The number of hydrogen-bond acceptors (Lipinski definition) is 1. The summed E-state index contributed by atoms with van der Waals surface area (Å²) < 4.78 is 0. The summed E-state index contributed by atoms with van der Waals surface area (Å²) >= 11 is 6.23. The summed E-state index contributed by atoms with van der Waals surface area (Å²) in [6.07, 6.45) is 6.04. The number of aryl methyl sites for hydroxylation is 1. The Kier molecular flexibility index (Phi) is 3.79. The average Bonchev–Trinajstić information content (AvgIpc) is 2.33. The van der Waals surface area contributed by atoms with Gasteiger partial charge in [0, 0.05) is 10.6 Å². The minimum absolute atomic E-state index is 0.162. The molecule has 1 aromatic rings. The molecule has 1 aliphatic rings. The van der Waals surface area contributed by atoms with Crippen molar-refractivity contribution >= 4 is 11.6 Å². The van der Waals surface area contributed by atoms with Gasteiger partial charge in [0.2, 0.25) is 0 Å². The molecule has 2 N–H and O–H groups in total. The molecular formula is C15H22ClN. The average molecular weight is 252 g/mol. The molecule has 0 bridgehead atoms. The highest BCUT2D eigenvalue weighted by Crippen LogP contribution is 2.42. The maximum atomic E-state index is 6.70. The molecule has 94 valence electrons. The zero-order valence-electron chi connectivity index (χ0n) is 10.8. The van der Waals surface area contributed by atoms with Gasteiger partial charge in [-0.1, -0.05) is 49.9 Å². The lowest BCUT2D eigenvalue weighted by Crippen LogP contribution is -2.46. The summed E-state index contributed by atoms with van der Waals surface area (Å²) in [6.45, 7) is 4.28. The summed E-state index contributed by atoms with van der Waals surface area (Å²) in [6, 6.07) is 6.33. The topological polar surface area (TPSA) is 26.0 Å². The van der Waals surface area contributed by atoms with Crippen LogP contribution in [0, 0.1) is 12.8 Å². The minimum atomic E-state index is -0.162. The molecule has 2 heteroatoms. The quantitative estimate of drug-likeness (QED) is 0.828. The predicted octanol–water partition coefficient (Wildman–Crippen LogP) is 4.40. The third-order valence-electron chi connectivity index (χ3n) is 4.32. The summed E-state index contributed by atoms with van der Waals surface area (Å²) in [5, 5.41) is 0.841. The smallest absolute Gasteiger partial charge is 0.0438 e. The standard InChI is InChI=1S/C15H22ClN/c1-3-12-6-4-5-9-15(12,17)13-8-7-11(2)14(16)10-13/h7-8,10,12H,3-6,9,17H2,1-2H3. The maximum Gasteiger partial charge on any atom is 0.0438 e. The largest absolute Gasteiger partial charge is 0.321 e. The van der Waals surface area contributed by atoms with Crippen molar-refractivity contribution < 1.29 is 0 Å². The van der Waals surface area contributed by atoms with E-state index in [0.29, 0.717) is 5.92 Å². The first kappa shape index (κ1) is 12.9. The molecule has 0 saturated heterocycles. The van der Waals surface area contributed by atoms with E-state index >= 15 is 0 Å². The van der Waals surface area contributed by atoms with Crippen LogP contribution in [-0.2, 0) is 5.54 Å². The van der Waals surface area contributed by atoms with Crippen LogP contribution in [0.4, 0.5) is 0 Å². The highest BCUT2D eigenvalue weighted by Gasteiger charge is 2.37. The van der Waals surface area contributed by atoms with Gasteiger partial charge in [0.05, 0.1) is 0 Å². The second-order valence-corrected chi connectivity index (χ2v) is 5.76. The molecule has 1 saturated carbocycles. The SMILES string of the molecule is CCC1CCCCC1(N)c1ccc(C)c(Cl)c1. The third kappa shape index (κ3) is 2.36. The van der Waals surface area contributed by atoms with E-state index in [-0.39, 0.29) is 5.54 Å². The lowest BCUT2D eigenvalue weighted by molar-refractivity contribution is 0.184. The first-order valence-electron chi connectivity index (χ1n) is 6.63. The van der Waals surface area contributed by atoms with Crippen LogP contribution in [0.5, 0.6) is 0 Å². The van der Waals surface area contributed by atoms with Crippen molar-refractivity contribution in [3.05, 3.63) is 34.3 Å². The van der Waals surface area contributed by atoms with Crippen molar-refractivity contribution in [1.82, 2.24) is 0 Å². The van der Waals surface area contributed by atoms with Crippen LogP contribution in [-0.4, -0.2) is 0 Å². The fraction of sp³-hybridized carbons (Fsp3) is 0.600. The molecule has 1 aromatic carbocycles. The van der Waals surface area contributed by atoms with E-state index in [1.807, 2.05) is 6.92 Å². The van der Waals surface area contributed by atoms with Crippen molar-refractivity contribution in [3.8, 4) is 0 Å². The van der Waals surface area contributed by atoms with Crippen LogP contribution in [0.1, 0.15) is 50.2 Å². The Morgan fingerprint density at radius 3 is 2.82 bits per heavy atom. The van der Waals surface area contributed by atoms with E-state index in [1.54, 1.807) is 0 Å². The van der Waals surface area contributed by atoms with Gasteiger partial charge in [-0.05, 0) is 42.9 Å². The lowest BCUT2D eigenvalue weighted by Gasteiger charge is -2.41. The molecule has 2 unspecified atom stereocenters. The highest BCUT2D eigenvalue weighted by molar-refractivity contribution is 6.31. The molecule has 1 nitrogen and oxygen atoms in total. The van der Waals surface area contributed by atoms with Crippen molar-refractivity contribution in [2.75, 3.05) is 0 Å². The molecule has 0 aliphatic heterocycles. The Morgan fingerprint density at radius 2 is 2.18 bits per heavy atom. The first-order chi connectivity index (χ1) is 8.08. The van der Waals surface area contributed by atoms with Crippen molar-refractivity contribution in [3.63, 3.8) is 0 Å². The van der Waals surface area contributed by atoms with E-state index in [2.05, 4.69) is 25.1 Å². The molecule has 17 heavy (non-hydrogen) atoms. The minimum Gasteiger partial charge on any atom is -0.321 e. The summed E-state index contributed by atoms with van der Waals surface area (Å²) in [4.78, 5) is 0. The van der Waals surface area contributed by atoms with Gasteiger partial charge in [-0.15, -0.1) is 0 Å². The number of benzene rings is 1. The van der Waals surface area contributed by atoms with Crippen LogP contribution < -0.4 is 5.73 Å². The van der Waals surface area contributed by atoms with E-state index in [4.69, 9.17) is 17.3 Å². The summed E-state index contributed by atoms with van der Waals surface area (Å²) in [5.74, 6) is 0.593. The summed E-state index contributed by atoms with van der Waals surface area (Å²) in [5.41, 5.74) is 8.88.